The fraction of sp³-hybridized carbons (Fsp3) is 0.200. The minimum atomic E-state index is -4.42. The number of carbonyl (C=O) groups excluding carboxylic acids is 1. The molecule has 0 fully saturated rings. The summed E-state index contributed by atoms with van der Waals surface area (Å²) in [5, 5.41) is 11.4. The zero-order chi connectivity index (χ0) is 28.3. The maximum Gasteiger partial charge on any atom is 0.271 e. The monoisotopic (exact) mass is 545 g/mol. The number of hydrogen-bond acceptors (Lipinski definition) is 6. The van der Waals surface area contributed by atoms with Crippen molar-refractivity contribution in [3.8, 4) is 16.9 Å². The van der Waals surface area contributed by atoms with Gasteiger partial charge in [-0.3, -0.25) is 9.59 Å². The van der Waals surface area contributed by atoms with Crippen molar-refractivity contribution in [2.45, 2.75) is 42.9 Å². The second kappa shape index (κ2) is 11.2. The van der Waals surface area contributed by atoms with Gasteiger partial charge in [0.2, 0.25) is 15.7 Å². The number of anilines is 2. The molecule has 0 bridgehead atoms. The van der Waals surface area contributed by atoms with E-state index >= 15 is 0 Å². The van der Waals surface area contributed by atoms with Gasteiger partial charge in [-0.15, -0.1) is 0 Å². The van der Waals surface area contributed by atoms with Gasteiger partial charge in [0.15, 0.2) is 10.6 Å². The van der Waals surface area contributed by atoms with Crippen molar-refractivity contribution in [1.29, 1.82) is 0 Å². The summed E-state index contributed by atoms with van der Waals surface area (Å²) in [6.45, 7) is 3.92. The highest BCUT2D eigenvalue weighted by molar-refractivity contribution is 7.91. The molecule has 0 atom stereocenters. The number of primary amides is 1. The Balaban J connectivity index is 1.85. The van der Waals surface area contributed by atoms with E-state index in [1.165, 1.54) is 24.3 Å². The molecule has 1 aromatic heterocycles. The second-order valence-electron chi connectivity index (χ2n) is 9.35. The van der Waals surface area contributed by atoms with Crippen LogP contribution in [0.15, 0.2) is 87.4 Å². The highest BCUT2D eigenvalue weighted by Crippen LogP contribution is 2.40. The molecule has 0 aliphatic carbocycles. The Morgan fingerprint density at radius 3 is 2.28 bits per heavy atom. The Labute approximate surface area is 227 Å². The van der Waals surface area contributed by atoms with E-state index in [0.29, 0.717) is 28.8 Å². The molecule has 0 aliphatic rings. The molecule has 0 spiro atoms. The van der Waals surface area contributed by atoms with Crippen LogP contribution >= 0.6 is 0 Å². The normalized spacial score (nSPS) is 11.4. The van der Waals surface area contributed by atoms with Crippen LogP contribution in [-0.2, 0) is 16.3 Å². The number of benzene rings is 3. The van der Waals surface area contributed by atoms with E-state index in [1.54, 1.807) is 36.2 Å². The minimum absolute atomic E-state index is 0.172. The van der Waals surface area contributed by atoms with Crippen LogP contribution in [0.2, 0.25) is 0 Å². The Morgan fingerprint density at radius 1 is 1.00 bits per heavy atom. The summed E-state index contributed by atoms with van der Waals surface area (Å²) in [5.74, 6) is -1.20. The zero-order valence-electron chi connectivity index (χ0n) is 22.1. The van der Waals surface area contributed by atoms with E-state index in [0.717, 1.165) is 24.1 Å². The van der Waals surface area contributed by atoms with Crippen molar-refractivity contribution in [3.05, 3.63) is 100.0 Å². The first-order valence-electron chi connectivity index (χ1n) is 12.6. The van der Waals surface area contributed by atoms with Gasteiger partial charge in [-0.05, 0) is 60.7 Å². The van der Waals surface area contributed by atoms with Gasteiger partial charge in [-0.1, -0.05) is 61.9 Å². The number of H-pyrrole nitrogens is 1. The van der Waals surface area contributed by atoms with Crippen LogP contribution in [0.25, 0.3) is 11.1 Å². The maximum absolute atomic E-state index is 13.7. The number of pyridine rings is 1. The zero-order valence-corrected chi connectivity index (χ0v) is 22.9. The molecule has 4 aromatic rings. The van der Waals surface area contributed by atoms with Gasteiger partial charge in [0.05, 0.1) is 4.90 Å². The number of aromatic hydroxyl groups is 1. The fourth-order valence-corrected chi connectivity index (χ4v) is 6.07. The average Bonchev–Trinajstić information content (AvgIpc) is 2.91. The van der Waals surface area contributed by atoms with E-state index in [4.69, 9.17) is 5.73 Å². The van der Waals surface area contributed by atoms with Crippen LogP contribution in [0.1, 0.15) is 41.4 Å². The highest BCUT2D eigenvalue weighted by atomic mass is 32.2. The quantitative estimate of drug-likeness (QED) is 0.268. The Hall–Kier alpha value is -4.37. The van der Waals surface area contributed by atoms with E-state index in [1.807, 2.05) is 38.1 Å². The predicted octanol–water partition coefficient (Wildman–Crippen LogP) is 5.10. The van der Waals surface area contributed by atoms with Gasteiger partial charge in [0, 0.05) is 24.0 Å². The average molecular weight is 546 g/mol. The summed E-state index contributed by atoms with van der Waals surface area (Å²) in [6, 6.07) is 20.0. The smallest absolute Gasteiger partial charge is 0.271 e. The first kappa shape index (κ1) is 27.7. The molecule has 3 aromatic carbocycles. The number of nitrogens with two attached hydrogens (primary N) is 1. The topological polar surface area (TPSA) is 134 Å². The molecular formula is C30H31N3O5S. The number of nitrogens with zero attached hydrogens (tertiary/aromatic N) is 1. The maximum atomic E-state index is 13.7. The number of para-hydroxylation sites is 1. The highest BCUT2D eigenvalue weighted by Gasteiger charge is 2.31. The number of hydrogen-bond donors (Lipinski definition) is 3. The third-order valence-electron chi connectivity index (χ3n) is 6.73. The van der Waals surface area contributed by atoms with E-state index in [9.17, 15) is 23.1 Å². The fourth-order valence-electron chi connectivity index (χ4n) is 4.70. The lowest BCUT2D eigenvalue weighted by Gasteiger charge is -2.26. The van der Waals surface area contributed by atoms with Crippen molar-refractivity contribution >= 4 is 27.1 Å². The molecule has 202 valence electrons. The lowest BCUT2D eigenvalue weighted by atomic mass is 9.99. The van der Waals surface area contributed by atoms with Gasteiger partial charge in [0.25, 0.3) is 5.56 Å². The first-order chi connectivity index (χ1) is 18.6. The predicted molar refractivity (Wildman–Crippen MR) is 152 cm³/mol. The van der Waals surface area contributed by atoms with Gasteiger partial charge >= 0.3 is 0 Å². The second-order valence-corrected chi connectivity index (χ2v) is 11.2. The number of rotatable bonds is 9. The first-order valence-corrected chi connectivity index (χ1v) is 14.1. The summed E-state index contributed by atoms with van der Waals surface area (Å²) >= 11 is 0. The van der Waals surface area contributed by atoms with Gasteiger partial charge in [0.1, 0.15) is 5.69 Å². The number of unbranched alkanes of at least 4 members (excludes halogenated alkanes) is 1. The summed E-state index contributed by atoms with van der Waals surface area (Å²) in [4.78, 5) is 28.6. The lowest BCUT2D eigenvalue weighted by molar-refractivity contribution is 0.100. The molecule has 1 heterocycles. The number of nitrogens with one attached hydrogen (secondary N) is 1. The molecule has 0 saturated carbocycles. The Kier molecular flexibility index (Phi) is 7.92. The summed E-state index contributed by atoms with van der Waals surface area (Å²) < 4.78 is 27.5. The molecule has 1 amide bonds. The van der Waals surface area contributed by atoms with Crippen LogP contribution < -0.4 is 16.2 Å². The molecule has 0 radical (unpaired) electrons. The van der Waals surface area contributed by atoms with E-state index in [-0.39, 0.29) is 10.6 Å². The van der Waals surface area contributed by atoms with Crippen molar-refractivity contribution in [1.82, 2.24) is 4.98 Å². The molecule has 0 saturated heterocycles. The molecule has 0 unspecified atom stereocenters. The Bertz CT molecular complexity index is 1690. The van der Waals surface area contributed by atoms with E-state index in [2.05, 4.69) is 4.98 Å². The van der Waals surface area contributed by atoms with Crippen molar-refractivity contribution in [3.63, 3.8) is 0 Å². The van der Waals surface area contributed by atoms with E-state index < -0.39 is 31.9 Å². The lowest BCUT2D eigenvalue weighted by Crippen LogP contribution is -2.24. The van der Waals surface area contributed by atoms with Crippen LogP contribution in [0.4, 0.5) is 11.4 Å². The SMILES string of the molecule is CCCCc1[nH]c(=O)c(S(=O)(=O)c2ccc(-c3ccccc3C(N)=O)cc2)c(O)c1N(C)c1ccccc1C. The van der Waals surface area contributed by atoms with Gasteiger partial charge in [-0.2, -0.15) is 0 Å². The van der Waals surface area contributed by atoms with Gasteiger partial charge in [-0.25, -0.2) is 8.42 Å². The third-order valence-corrected chi connectivity index (χ3v) is 8.53. The Morgan fingerprint density at radius 2 is 1.64 bits per heavy atom. The van der Waals surface area contributed by atoms with Crippen molar-refractivity contribution in [2.24, 2.45) is 5.73 Å². The largest absolute Gasteiger partial charge is 0.504 e. The molecule has 4 rings (SSSR count). The molecule has 0 aliphatic heterocycles. The van der Waals surface area contributed by atoms with Crippen molar-refractivity contribution in [2.75, 3.05) is 11.9 Å². The molecule has 8 nitrogen and oxygen atoms in total. The van der Waals surface area contributed by atoms with Crippen LogP contribution in [0.3, 0.4) is 0 Å². The van der Waals surface area contributed by atoms with Crippen molar-refractivity contribution < 1.29 is 18.3 Å². The number of aryl methyl sites for hydroxylation is 2. The standard InChI is InChI=1S/C30H31N3O5S/c1-4-5-13-24-26(33(3)25-14-9-6-10-19(25)2)27(34)28(30(36)32-24)39(37,38)21-17-15-20(16-18-21)22-11-7-8-12-23(22)29(31)35/h6-12,14-18H,4-5,13H2,1-3H3,(H2,31,35)(H2,32,34,36). The molecule has 9 heteroatoms. The third kappa shape index (κ3) is 5.31. The summed E-state index contributed by atoms with van der Waals surface area (Å²) in [5.41, 5.74) is 8.42. The van der Waals surface area contributed by atoms with Crippen LogP contribution in [0.5, 0.6) is 5.75 Å². The minimum Gasteiger partial charge on any atom is -0.504 e. The van der Waals surface area contributed by atoms with Crippen LogP contribution in [-0.4, -0.2) is 31.5 Å². The number of aromatic amines is 1. The van der Waals surface area contributed by atoms with Crippen LogP contribution in [0, 0.1) is 6.92 Å². The number of sulfone groups is 1. The molecule has 4 N–H and O–H groups in total. The molecule has 39 heavy (non-hydrogen) atoms. The number of carbonyl (C=O) groups is 1. The summed E-state index contributed by atoms with van der Waals surface area (Å²) in [6.07, 6.45) is 2.05. The van der Waals surface area contributed by atoms with Gasteiger partial charge < -0.3 is 20.7 Å². The molecular weight excluding hydrogens is 514 g/mol. The number of aromatic nitrogens is 1. The number of amides is 1. The summed E-state index contributed by atoms with van der Waals surface area (Å²) in [7, 11) is -2.69.